The Labute approximate surface area is 137 Å². The number of nitrogens with one attached hydrogen (secondary N) is 1. The van der Waals surface area contributed by atoms with Gasteiger partial charge in [-0.05, 0) is 25.1 Å². The van der Waals surface area contributed by atoms with Crippen LogP contribution in [0, 0.1) is 12.7 Å². The molecule has 0 unspecified atom stereocenters. The molecule has 0 aliphatic heterocycles. The molecule has 0 radical (unpaired) electrons. The van der Waals surface area contributed by atoms with E-state index in [0.29, 0.717) is 28.7 Å². The highest BCUT2D eigenvalue weighted by Crippen LogP contribution is 2.32. The molecule has 1 N–H and O–H groups in total. The molecule has 1 amide bonds. The first kappa shape index (κ1) is 15.7. The number of benzene rings is 1. The van der Waals surface area contributed by atoms with Gasteiger partial charge in [0.1, 0.15) is 22.9 Å². The Morgan fingerprint density at radius 3 is 2.71 bits per heavy atom. The summed E-state index contributed by atoms with van der Waals surface area (Å²) in [5.41, 5.74) is 1.40. The fourth-order valence-corrected chi connectivity index (χ4v) is 2.31. The summed E-state index contributed by atoms with van der Waals surface area (Å²) in [5, 5.41) is 11.0. The van der Waals surface area contributed by atoms with Crippen molar-refractivity contribution in [2.75, 3.05) is 5.32 Å². The zero-order valence-electron chi connectivity index (χ0n) is 13.4. The summed E-state index contributed by atoms with van der Waals surface area (Å²) >= 11 is 0. The molecule has 2 aromatic heterocycles. The van der Waals surface area contributed by atoms with E-state index >= 15 is 0 Å². The summed E-state index contributed by atoms with van der Waals surface area (Å²) in [6, 6.07) is 7.36. The van der Waals surface area contributed by atoms with Crippen LogP contribution < -0.4 is 10.1 Å². The Morgan fingerprint density at radius 2 is 2.04 bits per heavy atom. The minimum Gasteiger partial charge on any atom is -0.437 e. The van der Waals surface area contributed by atoms with Crippen LogP contribution in [-0.4, -0.2) is 25.5 Å². The standard InChI is InChI=1S/C16H16FN5O2/c1-10-14(19-15(23)13-7-8-18-21(13)2)16(22(3)20-10)24-12-6-4-5-11(17)9-12/h4-9H,1-3H3,(H,19,23). The maximum absolute atomic E-state index is 13.3. The highest BCUT2D eigenvalue weighted by atomic mass is 19.1. The molecule has 0 aliphatic carbocycles. The Hall–Kier alpha value is -3.16. The van der Waals surface area contributed by atoms with Crippen molar-refractivity contribution in [2.24, 2.45) is 14.1 Å². The van der Waals surface area contributed by atoms with Crippen molar-refractivity contribution in [3.05, 3.63) is 53.7 Å². The molecule has 2 heterocycles. The fraction of sp³-hybridized carbons (Fsp3) is 0.188. The number of rotatable bonds is 4. The van der Waals surface area contributed by atoms with E-state index in [-0.39, 0.29) is 5.91 Å². The SMILES string of the molecule is Cc1nn(C)c(Oc2cccc(F)c2)c1NC(=O)c1ccnn1C. The van der Waals surface area contributed by atoms with Gasteiger partial charge in [-0.2, -0.15) is 10.2 Å². The number of amides is 1. The average molecular weight is 329 g/mol. The van der Waals surface area contributed by atoms with Crippen LogP contribution in [0.4, 0.5) is 10.1 Å². The molecule has 3 rings (SSSR count). The van der Waals surface area contributed by atoms with Crippen molar-refractivity contribution >= 4 is 11.6 Å². The third kappa shape index (κ3) is 2.98. The molecule has 3 aromatic rings. The average Bonchev–Trinajstić information content (AvgIpc) is 3.06. The van der Waals surface area contributed by atoms with Gasteiger partial charge in [0, 0.05) is 26.4 Å². The maximum atomic E-state index is 13.3. The minimum absolute atomic E-state index is 0.314. The highest BCUT2D eigenvalue weighted by molar-refractivity contribution is 6.04. The molecule has 0 fully saturated rings. The van der Waals surface area contributed by atoms with Crippen molar-refractivity contribution in [3.63, 3.8) is 0 Å². The largest absolute Gasteiger partial charge is 0.437 e. The van der Waals surface area contributed by atoms with Gasteiger partial charge >= 0.3 is 0 Å². The number of hydrogen-bond donors (Lipinski definition) is 1. The Bertz CT molecular complexity index is 900. The van der Waals surface area contributed by atoms with Crippen molar-refractivity contribution in [2.45, 2.75) is 6.92 Å². The topological polar surface area (TPSA) is 74.0 Å². The molecule has 0 atom stereocenters. The van der Waals surface area contributed by atoms with E-state index in [2.05, 4.69) is 15.5 Å². The molecular weight excluding hydrogens is 313 g/mol. The first-order valence-corrected chi connectivity index (χ1v) is 7.22. The zero-order chi connectivity index (χ0) is 17.3. The van der Waals surface area contributed by atoms with E-state index in [1.165, 1.54) is 27.7 Å². The number of aryl methyl sites for hydroxylation is 3. The van der Waals surface area contributed by atoms with Gasteiger partial charge in [0.25, 0.3) is 5.91 Å². The van der Waals surface area contributed by atoms with Gasteiger partial charge in [0.2, 0.25) is 5.88 Å². The Balaban J connectivity index is 1.91. The van der Waals surface area contributed by atoms with Gasteiger partial charge in [-0.3, -0.25) is 9.48 Å². The molecule has 7 nitrogen and oxygen atoms in total. The first-order chi connectivity index (χ1) is 11.5. The molecule has 0 saturated heterocycles. The minimum atomic E-state index is -0.410. The number of anilines is 1. The Morgan fingerprint density at radius 1 is 1.25 bits per heavy atom. The second kappa shape index (κ2) is 6.15. The maximum Gasteiger partial charge on any atom is 0.274 e. The van der Waals surface area contributed by atoms with Crippen LogP contribution in [-0.2, 0) is 14.1 Å². The number of halogens is 1. The molecule has 0 spiro atoms. The molecule has 124 valence electrons. The number of nitrogens with zero attached hydrogens (tertiary/aromatic N) is 4. The van der Waals surface area contributed by atoms with Crippen LogP contribution in [0.15, 0.2) is 36.5 Å². The van der Waals surface area contributed by atoms with Gasteiger partial charge in [0.05, 0.1) is 5.69 Å². The van der Waals surface area contributed by atoms with Gasteiger partial charge in [-0.25, -0.2) is 9.07 Å². The van der Waals surface area contributed by atoms with Crippen LogP contribution >= 0.6 is 0 Å². The first-order valence-electron chi connectivity index (χ1n) is 7.22. The number of carbonyl (C=O) groups is 1. The molecule has 0 saturated carbocycles. The lowest BCUT2D eigenvalue weighted by atomic mass is 10.3. The molecule has 0 bridgehead atoms. The molecule has 0 aliphatic rings. The van der Waals surface area contributed by atoms with Crippen molar-refractivity contribution < 1.29 is 13.9 Å². The summed E-state index contributed by atoms with van der Waals surface area (Å²) in [7, 11) is 3.36. The van der Waals surface area contributed by atoms with Gasteiger partial charge in [-0.1, -0.05) is 6.07 Å². The number of hydrogen-bond acceptors (Lipinski definition) is 4. The molecule has 8 heteroatoms. The van der Waals surface area contributed by atoms with Gasteiger partial charge in [-0.15, -0.1) is 0 Å². The normalized spacial score (nSPS) is 10.7. The fourth-order valence-electron chi connectivity index (χ4n) is 2.31. The van der Waals surface area contributed by atoms with Gasteiger partial charge < -0.3 is 10.1 Å². The van der Waals surface area contributed by atoms with Crippen molar-refractivity contribution in [3.8, 4) is 11.6 Å². The van der Waals surface area contributed by atoms with E-state index in [1.807, 2.05) is 0 Å². The third-order valence-corrected chi connectivity index (χ3v) is 3.47. The predicted molar refractivity (Wildman–Crippen MR) is 85.6 cm³/mol. The van der Waals surface area contributed by atoms with Gasteiger partial charge in [0.15, 0.2) is 0 Å². The highest BCUT2D eigenvalue weighted by Gasteiger charge is 2.20. The van der Waals surface area contributed by atoms with Crippen LogP contribution in [0.2, 0.25) is 0 Å². The lowest BCUT2D eigenvalue weighted by Crippen LogP contribution is -2.16. The Kier molecular flexibility index (Phi) is 4.03. The summed E-state index contributed by atoms with van der Waals surface area (Å²) in [5.74, 6) is -0.121. The van der Waals surface area contributed by atoms with Crippen molar-refractivity contribution in [1.29, 1.82) is 0 Å². The number of aromatic nitrogens is 4. The number of carbonyl (C=O) groups excluding carboxylic acids is 1. The van der Waals surface area contributed by atoms with E-state index in [0.717, 1.165) is 0 Å². The molecule has 1 aromatic carbocycles. The lowest BCUT2D eigenvalue weighted by Gasteiger charge is -2.10. The van der Waals surface area contributed by atoms with E-state index in [1.54, 1.807) is 39.2 Å². The molecular formula is C16H16FN5O2. The summed E-state index contributed by atoms with van der Waals surface area (Å²) in [4.78, 5) is 12.4. The summed E-state index contributed by atoms with van der Waals surface area (Å²) in [6.45, 7) is 1.75. The van der Waals surface area contributed by atoms with Crippen LogP contribution in [0.3, 0.4) is 0 Å². The van der Waals surface area contributed by atoms with Crippen LogP contribution in [0.5, 0.6) is 11.6 Å². The summed E-state index contributed by atoms with van der Waals surface area (Å²) in [6.07, 6.45) is 1.54. The van der Waals surface area contributed by atoms with Crippen molar-refractivity contribution in [1.82, 2.24) is 19.6 Å². The van der Waals surface area contributed by atoms with E-state index in [4.69, 9.17) is 4.74 Å². The third-order valence-electron chi connectivity index (χ3n) is 3.47. The second-order valence-electron chi connectivity index (χ2n) is 5.24. The smallest absolute Gasteiger partial charge is 0.274 e. The second-order valence-corrected chi connectivity index (χ2v) is 5.24. The van der Waals surface area contributed by atoms with E-state index < -0.39 is 5.82 Å². The number of ether oxygens (including phenoxy) is 1. The summed E-state index contributed by atoms with van der Waals surface area (Å²) < 4.78 is 22.0. The van der Waals surface area contributed by atoms with Crippen LogP contribution in [0.25, 0.3) is 0 Å². The molecule has 24 heavy (non-hydrogen) atoms. The lowest BCUT2D eigenvalue weighted by molar-refractivity contribution is 0.101. The quantitative estimate of drug-likeness (QED) is 0.798. The zero-order valence-corrected chi connectivity index (χ0v) is 13.4. The monoisotopic (exact) mass is 329 g/mol. The van der Waals surface area contributed by atoms with Crippen LogP contribution in [0.1, 0.15) is 16.2 Å². The predicted octanol–water partition coefficient (Wildman–Crippen LogP) is 2.65. The van der Waals surface area contributed by atoms with E-state index in [9.17, 15) is 9.18 Å².